The maximum atomic E-state index is 13.8. The smallest absolute Gasteiger partial charge is 0.270 e. The number of nitro groups is 1. The van der Waals surface area contributed by atoms with Crippen LogP contribution in [-0.2, 0) is 0 Å². The number of benzene rings is 1. The molecule has 0 aromatic heterocycles. The summed E-state index contributed by atoms with van der Waals surface area (Å²) in [6.45, 7) is 3.76. The van der Waals surface area contributed by atoms with Gasteiger partial charge in [-0.2, -0.15) is 0 Å². The van der Waals surface area contributed by atoms with Crippen molar-refractivity contribution in [2.24, 2.45) is 0 Å². The van der Waals surface area contributed by atoms with E-state index in [0.29, 0.717) is 6.54 Å². The minimum atomic E-state index is -0.700. The molecule has 0 radical (unpaired) electrons. The molecule has 0 aliphatic carbocycles. The van der Waals surface area contributed by atoms with Crippen molar-refractivity contribution < 1.29 is 14.1 Å². The molecule has 0 unspecified atom stereocenters. The third-order valence-corrected chi connectivity index (χ3v) is 2.59. The number of nitro benzene ring substituents is 1. The SMILES string of the molecule is CCCN(C)C(=O)c1cc([N+](=O)[O-])cc(C)c1F. The molecule has 1 amide bonds. The van der Waals surface area contributed by atoms with Crippen molar-refractivity contribution in [2.45, 2.75) is 20.3 Å². The Labute approximate surface area is 104 Å². The Bertz CT molecular complexity index is 488. The summed E-state index contributed by atoms with van der Waals surface area (Å²) in [5, 5.41) is 10.7. The Kier molecular flexibility index (Phi) is 4.36. The summed E-state index contributed by atoms with van der Waals surface area (Å²) in [4.78, 5) is 23.4. The van der Waals surface area contributed by atoms with Crippen LogP contribution in [0, 0.1) is 22.9 Å². The average molecular weight is 254 g/mol. The van der Waals surface area contributed by atoms with Gasteiger partial charge < -0.3 is 4.90 Å². The van der Waals surface area contributed by atoms with Gasteiger partial charge in [0, 0.05) is 25.7 Å². The molecule has 0 bridgehead atoms. The molecule has 0 aliphatic heterocycles. The van der Waals surface area contributed by atoms with Crippen LogP contribution in [0.25, 0.3) is 0 Å². The summed E-state index contributed by atoms with van der Waals surface area (Å²) < 4.78 is 13.8. The lowest BCUT2D eigenvalue weighted by molar-refractivity contribution is -0.385. The Morgan fingerprint density at radius 3 is 2.61 bits per heavy atom. The zero-order valence-electron chi connectivity index (χ0n) is 10.6. The van der Waals surface area contributed by atoms with Crippen LogP contribution in [0.1, 0.15) is 29.3 Å². The first kappa shape index (κ1) is 14.1. The molecule has 0 saturated carbocycles. The molecule has 0 saturated heterocycles. The van der Waals surface area contributed by atoms with Gasteiger partial charge in [0.1, 0.15) is 5.82 Å². The number of hydrogen-bond donors (Lipinski definition) is 0. The number of amides is 1. The molecule has 5 nitrogen and oxygen atoms in total. The van der Waals surface area contributed by atoms with Crippen molar-refractivity contribution in [3.05, 3.63) is 39.2 Å². The second-order valence-corrected chi connectivity index (χ2v) is 4.11. The van der Waals surface area contributed by atoms with Gasteiger partial charge in [-0.05, 0) is 18.9 Å². The fourth-order valence-corrected chi connectivity index (χ4v) is 1.65. The van der Waals surface area contributed by atoms with Crippen LogP contribution in [0.3, 0.4) is 0 Å². The minimum absolute atomic E-state index is 0.0949. The summed E-state index contributed by atoms with van der Waals surface area (Å²) in [7, 11) is 1.54. The highest BCUT2D eigenvalue weighted by molar-refractivity contribution is 5.95. The number of hydrogen-bond acceptors (Lipinski definition) is 3. The lowest BCUT2D eigenvalue weighted by atomic mass is 10.1. The van der Waals surface area contributed by atoms with E-state index < -0.39 is 16.6 Å². The van der Waals surface area contributed by atoms with E-state index in [-0.39, 0.29) is 16.8 Å². The van der Waals surface area contributed by atoms with E-state index in [1.807, 2.05) is 6.92 Å². The quantitative estimate of drug-likeness (QED) is 0.612. The van der Waals surface area contributed by atoms with Gasteiger partial charge in [-0.15, -0.1) is 0 Å². The Balaban J connectivity index is 3.22. The van der Waals surface area contributed by atoms with Crippen molar-refractivity contribution in [3.8, 4) is 0 Å². The normalized spacial score (nSPS) is 10.2. The van der Waals surface area contributed by atoms with Crippen molar-refractivity contribution in [2.75, 3.05) is 13.6 Å². The van der Waals surface area contributed by atoms with E-state index in [2.05, 4.69) is 0 Å². The second-order valence-electron chi connectivity index (χ2n) is 4.11. The van der Waals surface area contributed by atoms with E-state index in [9.17, 15) is 19.3 Å². The first-order valence-corrected chi connectivity index (χ1v) is 5.58. The largest absolute Gasteiger partial charge is 0.342 e. The van der Waals surface area contributed by atoms with Crippen LogP contribution in [-0.4, -0.2) is 29.3 Å². The highest BCUT2D eigenvalue weighted by Gasteiger charge is 2.21. The standard InChI is InChI=1S/C12H15FN2O3/c1-4-5-14(3)12(16)10-7-9(15(17)18)6-8(2)11(10)13/h6-7H,4-5H2,1-3H3. The van der Waals surface area contributed by atoms with Crippen molar-refractivity contribution in [1.82, 2.24) is 4.90 Å². The Morgan fingerprint density at radius 2 is 2.11 bits per heavy atom. The molecule has 0 aliphatic rings. The molecule has 0 fully saturated rings. The number of halogens is 1. The second kappa shape index (κ2) is 5.57. The molecule has 1 aromatic rings. The van der Waals surface area contributed by atoms with E-state index >= 15 is 0 Å². The minimum Gasteiger partial charge on any atom is -0.342 e. The fourth-order valence-electron chi connectivity index (χ4n) is 1.65. The average Bonchev–Trinajstić information content (AvgIpc) is 2.31. The van der Waals surface area contributed by atoms with Gasteiger partial charge in [0.2, 0.25) is 0 Å². The van der Waals surface area contributed by atoms with E-state index in [4.69, 9.17) is 0 Å². The van der Waals surface area contributed by atoms with E-state index in [0.717, 1.165) is 18.6 Å². The molecule has 18 heavy (non-hydrogen) atoms. The van der Waals surface area contributed by atoms with E-state index in [1.165, 1.54) is 11.8 Å². The number of nitrogens with zero attached hydrogens (tertiary/aromatic N) is 2. The zero-order valence-corrected chi connectivity index (χ0v) is 10.6. The van der Waals surface area contributed by atoms with Gasteiger partial charge >= 0.3 is 0 Å². The number of rotatable bonds is 4. The van der Waals surface area contributed by atoms with Gasteiger partial charge in [0.15, 0.2) is 0 Å². The fraction of sp³-hybridized carbons (Fsp3) is 0.417. The Hall–Kier alpha value is -1.98. The van der Waals surface area contributed by atoms with Crippen molar-refractivity contribution in [3.63, 3.8) is 0 Å². The molecule has 0 N–H and O–H groups in total. The molecule has 0 heterocycles. The topological polar surface area (TPSA) is 63.5 Å². The molecule has 6 heteroatoms. The molecule has 0 spiro atoms. The number of carbonyl (C=O) groups excluding carboxylic acids is 1. The summed E-state index contributed by atoms with van der Waals surface area (Å²) in [6, 6.07) is 2.10. The summed E-state index contributed by atoms with van der Waals surface area (Å²) in [5.74, 6) is -1.24. The molecular formula is C12H15FN2O3. The zero-order chi connectivity index (χ0) is 13.9. The van der Waals surface area contributed by atoms with Crippen LogP contribution >= 0.6 is 0 Å². The van der Waals surface area contributed by atoms with Crippen LogP contribution in [0.5, 0.6) is 0 Å². The molecule has 98 valence electrons. The number of carbonyl (C=O) groups is 1. The molecule has 1 rings (SSSR count). The third kappa shape index (κ3) is 2.82. The van der Waals surface area contributed by atoms with Crippen LogP contribution < -0.4 is 0 Å². The summed E-state index contributed by atoms with van der Waals surface area (Å²) >= 11 is 0. The summed E-state index contributed by atoms with van der Waals surface area (Å²) in [5.41, 5.74) is -0.433. The molecule has 1 aromatic carbocycles. The van der Waals surface area contributed by atoms with E-state index in [1.54, 1.807) is 7.05 Å². The predicted molar refractivity (Wildman–Crippen MR) is 65.0 cm³/mol. The Morgan fingerprint density at radius 1 is 1.50 bits per heavy atom. The predicted octanol–water partition coefficient (Wildman–Crippen LogP) is 2.52. The number of non-ortho nitro benzene ring substituents is 1. The van der Waals surface area contributed by atoms with Crippen molar-refractivity contribution in [1.29, 1.82) is 0 Å². The van der Waals surface area contributed by atoms with Gasteiger partial charge in [-0.1, -0.05) is 6.92 Å². The lowest BCUT2D eigenvalue weighted by Crippen LogP contribution is -2.28. The lowest BCUT2D eigenvalue weighted by Gasteiger charge is -2.16. The van der Waals surface area contributed by atoms with Gasteiger partial charge in [0.25, 0.3) is 11.6 Å². The monoisotopic (exact) mass is 254 g/mol. The maximum Gasteiger partial charge on any atom is 0.270 e. The molecular weight excluding hydrogens is 239 g/mol. The van der Waals surface area contributed by atoms with Gasteiger partial charge in [-0.25, -0.2) is 4.39 Å². The van der Waals surface area contributed by atoms with Crippen LogP contribution in [0.2, 0.25) is 0 Å². The van der Waals surface area contributed by atoms with Gasteiger partial charge in [-0.3, -0.25) is 14.9 Å². The summed E-state index contributed by atoms with van der Waals surface area (Å²) in [6.07, 6.45) is 0.734. The van der Waals surface area contributed by atoms with Gasteiger partial charge in [0.05, 0.1) is 10.5 Å². The van der Waals surface area contributed by atoms with Crippen molar-refractivity contribution >= 4 is 11.6 Å². The highest BCUT2D eigenvalue weighted by Crippen LogP contribution is 2.22. The van der Waals surface area contributed by atoms with Crippen LogP contribution in [0.4, 0.5) is 10.1 Å². The highest BCUT2D eigenvalue weighted by atomic mass is 19.1. The molecule has 0 atom stereocenters. The first-order valence-electron chi connectivity index (χ1n) is 5.58. The van der Waals surface area contributed by atoms with Crippen LogP contribution in [0.15, 0.2) is 12.1 Å². The third-order valence-electron chi connectivity index (χ3n) is 2.59. The number of aryl methyl sites for hydroxylation is 1. The maximum absolute atomic E-state index is 13.8. The first-order chi connectivity index (χ1) is 8.38.